The van der Waals surface area contributed by atoms with Crippen molar-refractivity contribution in [3.8, 4) is 40.2 Å². The Balaban J connectivity index is 0.000000159. The number of hydroxylamine groups is 2. The number of fused-ring (bicyclic) bond motifs is 7. The molecule has 0 radical (unpaired) electrons. The van der Waals surface area contributed by atoms with Crippen LogP contribution >= 0.6 is 59.1 Å². The molecule has 15 aromatic rings. The summed E-state index contributed by atoms with van der Waals surface area (Å²) in [6.07, 6.45) is 20.4. The van der Waals surface area contributed by atoms with Gasteiger partial charge in [0.1, 0.15) is 70.7 Å². The first-order valence-electron chi connectivity index (χ1n) is 48.6. The van der Waals surface area contributed by atoms with E-state index in [0.29, 0.717) is 54.2 Å². The molecule has 1 unspecified atom stereocenters. The van der Waals surface area contributed by atoms with Crippen molar-refractivity contribution in [2.24, 2.45) is 10.9 Å². The second kappa shape index (κ2) is 56.1. The SMILES string of the molecule is BrCCOc1ccc2c(c1)CCNC2.BrCCOc1ccc2c[n+](Cc3ccccc3)ccc2c1.CC(C)(C)OC(=O)CCCN1CCc2cc(OCCBr)ccc2C1.CC1(C)[C@H](NC(=O)/C(=N\OCCOc2ccc3c(c2)CC[N+](C)(CCN)C3)c2csc(N)n2)C(=O)N1OS(=O)(=O)[O-].Oc1ccc2c[n+](Cc3ccccc3)ccc2c1.Oc1ccc2c[n+](Cc3ccccc3)ccc2c1.Oc1ccc2cnccc2c1.[Br-]. The molecule has 5 aromatic heterocycles. The number of thiazole rings is 1. The standard InChI is InChI=1S/C24H33N7O8S2.C19H28BrNO3.C18H17BrNO.2C16H13NO.C11H14BrNO.C9H7NO.BrH/c1-24(2)20(22(33)30(24)39-41(34,35)36)28-21(32)19(18-14-40-23(26)27-18)29-38-11-10-37-17-5-4-16-13-31(3,9-7-25)8-6-15(16)12-17;1-19(2,3)24-18(22)5-4-10-21-11-8-15-13-17(23-12-9-20)7-6-16(15)14-21;19-9-11-21-18-7-6-17-14-20(10-8-16(17)12-18)13-15-4-2-1-3-5-15;2*18-16-7-6-15-12-17(9-8-14(15)10-16)11-13-4-2-1-3-5-13;12-4-6-14-11-2-1-10-8-13-5-3-9(10)7-11;11-9-2-1-8-6-10-4-3-7(8)5-9;/h4-5,12,14,20H,6-11,13,25H2,1-3H3,(H3-,26,27,28,32,34,35,36);6-7,13H,4-5,8-12,14H2,1-3H3;1-8,10,12,14H,9,11,13H2;2*1-10,12H,11H2;1-2,7,13H,3-6,8H2;1-6,11H;1H/q;;+1;;;;;/p+1/b29-19-;;;;;;;/t20-,31?;;;;;;;/m1......./s1. The molecule has 1 saturated heterocycles. The molecule has 2 amide bonds. The number of hydrogen-bond acceptors (Lipinski definition) is 24. The lowest BCUT2D eigenvalue weighted by molar-refractivity contribution is -0.923. The van der Waals surface area contributed by atoms with Gasteiger partial charge < -0.3 is 92.0 Å². The Morgan fingerprint density at radius 1 is 0.595 bits per heavy atom. The minimum Gasteiger partial charge on any atom is -1.00 e. The number of aromatic hydroxyl groups is 3. The fraction of sp³-hybridized carbons (Fsp3) is 0.301. The van der Waals surface area contributed by atoms with E-state index in [1.165, 1.54) is 80.1 Å². The minimum atomic E-state index is -5.19. The Morgan fingerprint density at radius 3 is 1.57 bits per heavy atom. The summed E-state index contributed by atoms with van der Waals surface area (Å²) in [4.78, 5) is 53.0. The molecule has 4 aliphatic rings. The highest BCUT2D eigenvalue weighted by atomic mass is 79.9. The number of halogens is 4. The normalized spacial score (nSPS) is 14.8. The van der Waals surface area contributed by atoms with E-state index in [-0.39, 0.29) is 52.7 Å². The lowest BCUT2D eigenvalue weighted by atomic mass is 9.84. The number of hydrogen-bond donors (Lipinski definition) is 7. The summed E-state index contributed by atoms with van der Waals surface area (Å²) in [5.41, 5.74) is 21.5. The molecule has 0 aliphatic carbocycles. The number of β-lactam (4-membered cyclic amide) rings is 1. The van der Waals surface area contributed by atoms with Crippen LogP contribution in [-0.2, 0) is 97.2 Å². The molecule has 0 saturated carbocycles. The molecule has 4 aliphatic heterocycles. The van der Waals surface area contributed by atoms with E-state index in [4.69, 9.17) is 45.1 Å². The number of nitrogen functional groups attached to an aromatic ring is 1. The Morgan fingerprint density at radius 2 is 1.07 bits per heavy atom. The highest BCUT2D eigenvalue weighted by Crippen LogP contribution is 2.35. The molecule has 19 rings (SSSR count). The van der Waals surface area contributed by atoms with Crippen molar-refractivity contribution in [3.05, 3.63) is 353 Å². The van der Waals surface area contributed by atoms with Gasteiger partial charge in [-0.1, -0.05) is 156 Å². The summed E-state index contributed by atoms with van der Waals surface area (Å²) in [6, 6.07) is 79.1. The molecule has 2 atom stereocenters. The number of esters is 1. The third-order valence-electron chi connectivity index (χ3n) is 24.4. The second-order valence-electron chi connectivity index (χ2n) is 37.3. The van der Waals surface area contributed by atoms with Crippen LogP contribution in [0.15, 0.2) is 303 Å². The number of nitrogens with two attached hydrogens (primary N) is 2. The van der Waals surface area contributed by atoms with Crippen LogP contribution in [0.5, 0.6) is 40.2 Å². The second-order valence-corrected chi connectivity index (χ2v) is 41.5. The van der Waals surface area contributed by atoms with E-state index in [0.717, 1.165) is 186 Å². The van der Waals surface area contributed by atoms with Crippen molar-refractivity contribution < 1.29 is 111 Å². The van der Waals surface area contributed by atoms with Crippen LogP contribution in [0.2, 0.25) is 0 Å². The van der Waals surface area contributed by atoms with Gasteiger partial charge in [0.15, 0.2) is 74.3 Å². The van der Waals surface area contributed by atoms with Gasteiger partial charge in [0, 0.05) is 135 Å². The molecule has 35 heteroatoms. The van der Waals surface area contributed by atoms with Crippen LogP contribution in [0.25, 0.3) is 43.1 Å². The third-order valence-corrected chi connectivity index (χ3v) is 26.3. The van der Waals surface area contributed by atoms with E-state index in [1.807, 2.05) is 112 Å². The van der Waals surface area contributed by atoms with Crippen LogP contribution in [0, 0.1) is 0 Å². The van der Waals surface area contributed by atoms with Gasteiger partial charge in [0.25, 0.3) is 11.8 Å². The summed E-state index contributed by atoms with van der Waals surface area (Å²) in [7, 11) is -2.98. The summed E-state index contributed by atoms with van der Waals surface area (Å²) in [5, 5.41) is 51.2. The molecular weight excluding hydrogens is 2180 g/mol. The fourth-order valence-corrected chi connectivity index (χ4v) is 18.5. The Bertz CT molecular complexity index is 6930. The number of benzene rings is 10. The number of pyridine rings is 4. The zero-order valence-electron chi connectivity index (χ0n) is 83.7. The molecular formula is C113H127Br4N13O16S2+2. The van der Waals surface area contributed by atoms with Crippen molar-refractivity contribution in [2.75, 3.05) is 101 Å². The van der Waals surface area contributed by atoms with Crippen LogP contribution in [-0.4, -0.2) is 189 Å². The first-order chi connectivity index (χ1) is 70.8. The largest absolute Gasteiger partial charge is 1.00 e. The van der Waals surface area contributed by atoms with Crippen LogP contribution in [0.4, 0.5) is 5.13 Å². The maximum absolute atomic E-state index is 13.1. The van der Waals surface area contributed by atoms with Gasteiger partial charge in [0.05, 0.1) is 45.5 Å². The molecule has 9 heterocycles. The number of ether oxygens (including phenoxy) is 5. The van der Waals surface area contributed by atoms with Gasteiger partial charge in [-0.15, -0.1) is 11.3 Å². The number of amides is 2. The van der Waals surface area contributed by atoms with Crippen molar-refractivity contribution in [1.82, 2.24) is 30.6 Å². The number of alkyl halides is 3. The lowest BCUT2D eigenvalue weighted by Gasteiger charge is -2.51. The number of likely N-dealkylation sites (N-methyl/N-ethyl adjacent to an activating group) is 1. The third kappa shape index (κ3) is 35.6. The zero-order chi connectivity index (χ0) is 104. The van der Waals surface area contributed by atoms with E-state index < -0.39 is 39.4 Å². The number of carbonyl (C=O) groups excluding carboxylic acids is 3. The predicted octanol–water partition coefficient (Wildman–Crippen LogP) is 14.2. The van der Waals surface area contributed by atoms with Gasteiger partial charge in [-0.05, 0) is 238 Å². The van der Waals surface area contributed by atoms with Crippen molar-refractivity contribution in [3.63, 3.8) is 0 Å². The van der Waals surface area contributed by atoms with E-state index in [2.05, 4.69) is 256 Å². The smallest absolute Gasteiger partial charge is 0.306 e. The number of anilines is 1. The molecule has 29 nitrogen and oxygen atoms in total. The number of carbonyl (C=O) groups is 3. The summed E-state index contributed by atoms with van der Waals surface area (Å²) in [5.74, 6) is 2.60. The highest BCUT2D eigenvalue weighted by Gasteiger charge is 2.57. The Hall–Kier alpha value is -12.6. The number of phenols is 3. The van der Waals surface area contributed by atoms with Gasteiger partial charge >= 0.3 is 5.97 Å². The van der Waals surface area contributed by atoms with Gasteiger partial charge in [-0.2, -0.15) is 9.35 Å². The maximum Gasteiger partial charge on any atom is 0.306 e. The Labute approximate surface area is 904 Å². The number of nitrogens with one attached hydrogen (secondary N) is 2. The van der Waals surface area contributed by atoms with E-state index in [9.17, 15) is 37.6 Å². The van der Waals surface area contributed by atoms with Crippen molar-refractivity contribution in [2.45, 2.75) is 123 Å². The average Bonchev–Trinajstić information content (AvgIpc) is 0.946. The first-order valence-corrected chi connectivity index (χ1v) is 54.2. The van der Waals surface area contributed by atoms with Crippen molar-refractivity contribution >= 4 is 141 Å². The monoisotopic (exact) mass is 2300 g/mol. The average molecular weight is 2310 g/mol. The Kier molecular flexibility index (Phi) is 43.3. The number of nitrogens with zero attached hydrogens (tertiary/aromatic N) is 9. The van der Waals surface area contributed by atoms with Crippen LogP contribution in [0.1, 0.15) is 103 Å². The molecule has 148 heavy (non-hydrogen) atoms. The molecule has 0 bridgehead atoms. The molecule has 778 valence electrons. The number of oxime groups is 1. The number of quaternary nitrogens is 1. The minimum absolute atomic E-state index is 0. The summed E-state index contributed by atoms with van der Waals surface area (Å²) < 4.78 is 72.4. The van der Waals surface area contributed by atoms with E-state index >= 15 is 0 Å². The van der Waals surface area contributed by atoms with Crippen LogP contribution < -0.4 is 71.7 Å². The maximum atomic E-state index is 13.1. The molecule has 9 N–H and O–H groups in total. The van der Waals surface area contributed by atoms with Crippen molar-refractivity contribution in [1.29, 1.82) is 0 Å². The topological polar surface area (TPSA) is 366 Å². The highest BCUT2D eigenvalue weighted by molar-refractivity contribution is 9.09. The summed E-state index contributed by atoms with van der Waals surface area (Å²) >= 11 is 11.2. The zero-order valence-corrected chi connectivity index (χ0v) is 91.7. The fourth-order valence-electron chi connectivity index (χ4n) is 17.0. The predicted molar refractivity (Wildman–Crippen MR) is 583 cm³/mol. The molecule has 0 spiro atoms. The quantitative estimate of drug-likeness (QED) is 0.00203. The van der Waals surface area contributed by atoms with Gasteiger partial charge in [-0.25, -0.2) is 27.1 Å². The van der Waals surface area contributed by atoms with Gasteiger partial charge in [-0.3, -0.25) is 24.3 Å². The molecule has 1 fully saturated rings. The molecule has 10 aromatic carbocycles. The van der Waals surface area contributed by atoms with Gasteiger partial charge in [0.2, 0.25) is 10.4 Å². The van der Waals surface area contributed by atoms with Crippen LogP contribution in [0.3, 0.4) is 0 Å². The first kappa shape index (κ1) is 114. The lowest BCUT2D eigenvalue weighted by Crippen LogP contribution is -3.00. The van der Waals surface area contributed by atoms with E-state index in [1.54, 1.807) is 48.8 Å². The summed E-state index contributed by atoms with van der Waals surface area (Å²) in [6.45, 7) is 21.9. The number of rotatable bonds is 31. The number of phenolic OH excluding ortho intramolecular Hbond substituents is 3. The number of aromatic nitrogens is 5.